The van der Waals surface area contributed by atoms with Crippen molar-refractivity contribution in [2.24, 2.45) is 0 Å². The van der Waals surface area contributed by atoms with E-state index >= 15 is 0 Å². The number of nitrogens with zero attached hydrogens (tertiary/aromatic N) is 4. The van der Waals surface area contributed by atoms with E-state index < -0.39 is 0 Å². The third kappa shape index (κ3) is 4.82. The summed E-state index contributed by atoms with van der Waals surface area (Å²) < 4.78 is 5.87. The first-order chi connectivity index (χ1) is 16.3. The summed E-state index contributed by atoms with van der Waals surface area (Å²) in [5.41, 5.74) is 3.66. The molecule has 0 saturated heterocycles. The fourth-order valence-electron chi connectivity index (χ4n) is 3.36. The Labute approximate surface area is 195 Å². The van der Waals surface area contributed by atoms with Gasteiger partial charge in [0.2, 0.25) is 0 Å². The highest BCUT2D eigenvalue weighted by molar-refractivity contribution is 7.14. The molecule has 8 heteroatoms. The standard InChI is InChI=1S/C25H22N6OS/c1-26-12-13-32-19-9-10-21-20(14-19)24(30-23(28-21)18-8-5-11-27-15-18)31-25-29-22(16-33-25)17-6-3-2-4-7-17/h2-11,14-16,26H,12-13H2,1H3,(H,28,29,30,31). The van der Waals surface area contributed by atoms with Crippen molar-refractivity contribution in [1.29, 1.82) is 0 Å². The van der Waals surface area contributed by atoms with Crippen LogP contribution < -0.4 is 15.4 Å². The molecule has 0 aliphatic carbocycles. The molecule has 0 saturated carbocycles. The van der Waals surface area contributed by atoms with E-state index in [1.807, 2.05) is 73.1 Å². The van der Waals surface area contributed by atoms with Gasteiger partial charge >= 0.3 is 0 Å². The van der Waals surface area contributed by atoms with Crippen LogP contribution in [0, 0.1) is 0 Å². The lowest BCUT2D eigenvalue weighted by Gasteiger charge is -2.11. The number of fused-ring (bicyclic) bond motifs is 1. The molecule has 164 valence electrons. The molecule has 3 heterocycles. The molecular formula is C25H22N6OS. The molecule has 3 aromatic heterocycles. The van der Waals surface area contributed by atoms with Gasteiger partial charge in [-0.2, -0.15) is 0 Å². The Morgan fingerprint density at radius 3 is 2.64 bits per heavy atom. The second kappa shape index (κ2) is 9.72. The molecule has 2 N–H and O–H groups in total. The minimum Gasteiger partial charge on any atom is -0.492 e. The first-order valence-electron chi connectivity index (χ1n) is 10.6. The third-order valence-electron chi connectivity index (χ3n) is 5.01. The van der Waals surface area contributed by atoms with Crippen molar-refractivity contribution in [1.82, 2.24) is 25.3 Å². The van der Waals surface area contributed by atoms with Gasteiger partial charge < -0.3 is 15.4 Å². The molecule has 0 bridgehead atoms. The summed E-state index contributed by atoms with van der Waals surface area (Å²) in [5.74, 6) is 2.04. The summed E-state index contributed by atoms with van der Waals surface area (Å²) >= 11 is 1.54. The van der Waals surface area contributed by atoms with Gasteiger partial charge in [-0.3, -0.25) is 4.98 Å². The molecule has 0 atom stereocenters. The predicted molar refractivity (Wildman–Crippen MR) is 133 cm³/mol. The fourth-order valence-corrected chi connectivity index (χ4v) is 4.08. The van der Waals surface area contributed by atoms with E-state index in [1.54, 1.807) is 12.4 Å². The lowest BCUT2D eigenvalue weighted by atomic mass is 10.2. The van der Waals surface area contributed by atoms with Gasteiger partial charge in [0.1, 0.15) is 18.2 Å². The number of ether oxygens (including phenoxy) is 1. The second-order valence-electron chi connectivity index (χ2n) is 7.30. The maximum absolute atomic E-state index is 5.87. The van der Waals surface area contributed by atoms with Crippen LogP contribution in [-0.2, 0) is 0 Å². The van der Waals surface area contributed by atoms with Crippen molar-refractivity contribution in [3.8, 4) is 28.4 Å². The molecule has 33 heavy (non-hydrogen) atoms. The smallest absolute Gasteiger partial charge is 0.188 e. The topological polar surface area (TPSA) is 84.8 Å². The highest BCUT2D eigenvalue weighted by Crippen LogP contribution is 2.32. The van der Waals surface area contributed by atoms with Gasteiger partial charge in [0.05, 0.1) is 11.2 Å². The maximum Gasteiger partial charge on any atom is 0.188 e. The first kappa shape index (κ1) is 21.0. The summed E-state index contributed by atoms with van der Waals surface area (Å²) in [6.45, 7) is 1.34. The zero-order valence-electron chi connectivity index (χ0n) is 18.0. The molecule has 0 radical (unpaired) electrons. The van der Waals surface area contributed by atoms with Crippen molar-refractivity contribution in [3.05, 3.63) is 78.4 Å². The van der Waals surface area contributed by atoms with Crippen molar-refractivity contribution in [3.63, 3.8) is 0 Å². The molecular weight excluding hydrogens is 432 g/mol. The van der Waals surface area contributed by atoms with Crippen LogP contribution in [0.15, 0.2) is 78.4 Å². The number of pyridine rings is 1. The van der Waals surface area contributed by atoms with Crippen LogP contribution in [0.25, 0.3) is 33.5 Å². The molecule has 5 rings (SSSR count). The number of hydrogen-bond donors (Lipinski definition) is 2. The Bertz CT molecular complexity index is 1360. The number of aromatic nitrogens is 4. The van der Waals surface area contributed by atoms with Crippen LogP contribution in [0.4, 0.5) is 10.9 Å². The Morgan fingerprint density at radius 1 is 0.939 bits per heavy atom. The van der Waals surface area contributed by atoms with Crippen LogP contribution in [-0.4, -0.2) is 40.1 Å². The number of nitrogens with one attached hydrogen (secondary N) is 2. The monoisotopic (exact) mass is 454 g/mol. The van der Waals surface area contributed by atoms with E-state index in [-0.39, 0.29) is 0 Å². The summed E-state index contributed by atoms with van der Waals surface area (Å²) in [7, 11) is 1.90. The molecule has 0 spiro atoms. The minimum absolute atomic E-state index is 0.576. The van der Waals surface area contributed by atoms with Gasteiger partial charge in [-0.25, -0.2) is 15.0 Å². The SMILES string of the molecule is CNCCOc1ccc2nc(-c3cccnc3)nc(Nc3nc(-c4ccccc4)cs3)c2c1. The highest BCUT2D eigenvalue weighted by Gasteiger charge is 2.13. The highest BCUT2D eigenvalue weighted by atomic mass is 32.1. The largest absolute Gasteiger partial charge is 0.492 e. The summed E-state index contributed by atoms with van der Waals surface area (Å²) in [6.07, 6.45) is 3.50. The molecule has 0 unspecified atom stereocenters. The van der Waals surface area contributed by atoms with E-state index in [0.717, 1.165) is 45.1 Å². The number of hydrogen-bond acceptors (Lipinski definition) is 8. The zero-order valence-corrected chi connectivity index (χ0v) is 18.8. The number of rotatable bonds is 8. The maximum atomic E-state index is 5.87. The molecule has 0 amide bonds. The van der Waals surface area contributed by atoms with Gasteiger partial charge in [-0.1, -0.05) is 30.3 Å². The Kier molecular flexibility index (Phi) is 6.19. The average Bonchev–Trinajstić information content (AvgIpc) is 3.34. The van der Waals surface area contributed by atoms with E-state index in [0.29, 0.717) is 18.2 Å². The third-order valence-corrected chi connectivity index (χ3v) is 5.76. The van der Waals surface area contributed by atoms with Crippen molar-refractivity contribution in [2.75, 3.05) is 25.5 Å². The summed E-state index contributed by atoms with van der Waals surface area (Å²) in [4.78, 5) is 18.6. The van der Waals surface area contributed by atoms with Gasteiger partial charge in [0.25, 0.3) is 0 Å². The van der Waals surface area contributed by atoms with Gasteiger partial charge in [-0.15, -0.1) is 11.3 Å². The lowest BCUT2D eigenvalue weighted by Crippen LogP contribution is -2.15. The van der Waals surface area contributed by atoms with E-state index in [4.69, 9.17) is 19.7 Å². The van der Waals surface area contributed by atoms with Gasteiger partial charge in [0.15, 0.2) is 11.0 Å². The fraction of sp³-hybridized carbons (Fsp3) is 0.120. The Balaban J connectivity index is 1.54. The van der Waals surface area contributed by atoms with Crippen molar-refractivity contribution in [2.45, 2.75) is 0 Å². The van der Waals surface area contributed by atoms with Crippen LogP contribution in [0.2, 0.25) is 0 Å². The van der Waals surface area contributed by atoms with Crippen LogP contribution in [0.5, 0.6) is 5.75 Å². The lowest BCUT2D eigenvalue weighted by molar-refractivity contribution is 0.319. The first-order valence-corrected chi connectivity index (χ1v) is 11.5. The molecule has 5 aromatic rings. The number of anilines is 2. The molecule has 0 aliphatic heterocycles. The number of likely N-dealkylation sites (N-methyl/N-ethyl adjacent to an activating group) is 1. The van der Waals surface area contributed by atoms with Crippen LogP contribution in [0.3, 0.4) is 0 Å². The van der Waals surface area contributed by atoms with E-state index in [9.17, 15) is 0 Å². The van der Waals surface area contributed by atoms with Gasteiger partial charge in [-0.05, 0) is 37.4 Å². The number of benzene rings is 2. The molecule has 0 fully saturated rings. The van der Waals surface area contributed by atoms with Crippen molar-refractivity contribution >= 4 is 33.2 Å². The Morgan fingerprint density at radius 2 is 1.82 bits per heavy atom. The zero-order chi connectivity index (χ0) is 22.5. The average molecular weight is 455 g/mol. The number of thiazole rings is 1. The van der Waals surface area contributed by atoms with Crippen LogP contribution >= 0.6 is 11.3 Å². The minimum atomic E-state index is 0.576. The predicted octanol–water partition coefficient (Wildman–Crippen LogP) is 5.16. The quantitative estimate of drug-likeness (QED) is 0.313. The normalized spacial score (nSPS) is 10.9. The summed E-state index contributed by atoms with van der Waals surface area (Å²) in [6, 6.07) is 19.8. The van der Waals surface area contributed by atoms with Crippen LogP contribution in [0.1, 0.15) is 0 Å². The van der Waals surface area contributed by atoms with Crippen molar-refractivity contribution < 1.29 is 4.74 Å². The molecule has 0 aliphatic rings. The van der Waals surface area contributed by atoms with E-state index in [2.05, 4.69) is 15.6 Å². The Hall–Kier alpha value is -3.88. The second-order valence-corrected chi connectivity index (χ2v) is 8.16. The van der Waals surface area contributed by atoms with Gasteiger partial charge in [0, 0.05) is 40.8 Å². The molecule has 7 nitrogen and oxygen atoms in total. The summed E-state index contributed by atoms with van der Waals surface area (Å²) in [5, 5.41) is 10.2. The van der Waals surface area contributed by atoms with E-state index in [1.165, 1.54) is 11.3 Å². The molecule has 2 aromatic carbocycles.